The number of hydrogen-bond acceptors (Lipinski definition) is 4. The lowest BCUT2D eigenvalue weighted by Gasteiger charge is -2.21. The summed E-state index contributed by atoms with van der Waals surface area (Å²) in [6.45, 7) is 1.99. The largest absolute Gasteiger partial charge is 0.495 e. The van der Waals surface area contributed by atoms with Gasteiger partial charge in [0.15, 0.2) is 0 Å². The van der Waals surface area contributed by atoms with E-state index in [1.165, 1.54) is 12.8 Å². The molecule has 0 atom stereocenters. The summed E-state index contributed by atoms with van der Waals surface area (Å²) in [6, 6.07) is 11.8. The molecule has 0 bridgehead atoms. The lowest BCUT2D eigenvalue weighted by atomic mass is 10.1. The average Bonchev–Trinajstić information content (AvgIpc) is 2.83. The second kappa shape index (κ2) is 7.28. The van der Waals surface area contributed by atoms with Crippen molar-refractivity contribution in [1.29, 1.82) is 0 Å². The van der Waals surface area contributed by atoms with Gasteiger partial charge < -0.3 is 19.4 Å². The van der Waals surface area contributed by atoms with E-state index in [1.54, 1.807) is 7.11 Å². The number of nitrogens with zero attached hydrogens (tertiary/aromatic N) is 1. The van der Waals surface area contributed by atoms with Crippen molar-refractivity contribution in [1.82, 2.24) is 4.90 Å². The molecule has 1 aliphatic heterocycles. The minimum Gasteiger partial charge on any atom is -0.495 e. The Balaban J connectivity index is 1.57. The monoisotopic (exact) mass is 352 g/mol. The van der Waals surface area contributed by atoms with Gasteiger partial charge in [-0.05, 0) is 25.0 Å². The molecular formula is C21H24N2O3. The minimum absolute atomic E-state index is 0.138. The number of benzene rings is 2. The topological polar surface area (TPSA) is 54.7 Å². The highest BCUT2D eigenvalue weighted by molar-refractivity contribution is 6.06. The molecule has 0 aliphatic carbocycles. The third-order valence-corrected chi connectivity index (χ3v) is 5.09. The molecule has 2 heterocycles. The highest BCUT2D eigenvalue weighted by atomic mass is 16.5. The quantitative estimate of drug-likeness (QED) is 0.756. The Morgan fingerprint density at radius 2 is 1.85 bits per heavy atom. The van der Waals surface area contributed by atoms with E-state index in [1.807, 2.05) is 41.3 Å². The van der Waals surface area contributed by atoms with Gasteiger partial charge >= 0.3 is 0 Å². The fourth-order valence-electron chi connectivity index (χ4n) is 3.66. The second-order valence-corrected chi connectivity index (χ2v) is 6.80. The van der Waals surface area contributed by atoms with Crippen molar-refractivity contribution >= 4 is 33.5 Å². The van der Waals surface area contributed by atoms with Gasteiger partial charge in [0.1, 0.15) is 16.9 Å². The maximum absolute atomic E-state index is 12.5. The lowest BCUT2D eigenvalue weighted by molar-refractivity contribution is -0.129. The summed E-state index contributed by atoms with van der Waals surface area (Å²) in [5.74, 6) is 0.853. The van der Waals surface area contributed by atoms with E-state index in [9.17, 15) is 4.79 Å². The highest BCUT2D eigenvalue weighted by Gasteiger charge is 2.17. The molecule has 1 fully saturated rings. The van der Waals surface area contributed by atoms with E-state index in [-0.39, 0.29) is 12.5 Å². The minimum atomic E-state index is 0.138. The molecule has 2 aromatic carbocycles. The number of hydrogen-bond donors (Lipinski definition) is 1. The van der Waals surface area contributed by atoms with Gasteiger partial charge in [0.25, 0.3) is 0 Å². The van der Waals surface area contributed by atoms with Gasteiger partial charge in [0.2, 0.25) is 5.91 Å². The maximum Gasteiger partial charge on any atom is 0.241 e. The van der Waals surface area contributed by atoms with Crippen LogP contribution in [0.1, 0.15) is 25.7 Å². The maximum atomic E-state index is 12.5. The molecule has 3 aromatic rings. The third-order valence-electron chi connectivity index (χ3n) is 5.09. The van der Waals surface area contributed by atoms with Gasteiger partial charge in [-0.15, -0.1) is 0 Å². The Bertz CT molecular complexity index is 924. The van der Waals surface area contributed by atoms with Crippen LogP contribution >= 0.6 is 0 Å². The predicted octanol–water partition coefficient (Wildman–Crippen LogP) is 4.41. The summed E-state index contributed by atoms with van der Waals surface area (Å²) >= 11 is 0. The van der Waals surface area contributed by atoms with E-state index in [0.717, 1.165) is 53.6 Å². The van der Waals surface area contributed by atoms with Crippen LogP contribution in [0.4, 0.5) is 5.69 Å². The van der Waals surface area contributed by atoms with Crippen molar-refractivity contribution < 1.29 is 13.9 Å². The molecule has 4 rings (SSSR count). The Labute approximate surface area is 152 Å². The van der Waals surface area contributed by atoms with Crippen molar-refractivity contribution in [2.24, 2.45) is 0 Å². The zero-order chi connectivity index (χ0) is 17.9. The zero-order valence-corrected chi connectivity index (χ0v) is 15.1. The Kier molecular flexibility index (Phi) is 4.69. The normalized spacial score (nSPS) is 15.2. The van der Waals surface area contributed by atoms with Gasteiger partial charge in [-0.1, -0.05) is 31.0 Å². The van der Waals surface area contributed by atoms with E-state index in [0.29, 0.717) is 5.75 Å². The summed E-state index contributed by atoms with van der Waals surface area (Å²) in [6.07, 6.45) is 4.63. The van der Waals surface area contributed by atoms with Crippen molar-refractivity contribution in [3.63, 3.8) is 0 Å². The molecule has 1 amide bonds. The van der Waals surface area contributed by atoms with Crippen LogP contribution in [0.25, 0.3) is 21.9 Å². The molecule has 1 N–H and O–H groups in total. The number of carbonyl (C=O) groups is 1. The van der Waals surface area contributed by atoms with E-state index in [2.05, 4.69) is 5.32 Å². The molecule has 5 heteroatoms. The highest BCUT2D eigenvalue weighted by Crippen LogP contribution is 2.36. The van der Waals surface area contributed by atoms with Crippen LogP contribution in [0.15, 0.2) is 40.8 Å². The van der Waals surface area contributed by atoms with Gasteiger partial charge in [0.05, 0.1) is 19.3 Å². The Hall–Kier alpha value is -2.69. The van der Waals surface area contributed by atoms with E-state index < -0.39 is 0 Å². The number of methoxy groups -OCH3 is 1. The Morgan fingerprint density at radius 3 is 2.62 bits per heavy atom. The van der Waals surface area contributed by atoms with Crippen molar-refractivity contribution in [2.75, 3.05) is 32.1 Å². The van der Waals surface area contributed by atoms with Crippen LogP contribution in [-0.2, 0) is 4.79 Å². The zero-order valence-electron chi connectivity index (χ0n) is 15.1. The standard InChI is InChI=1S/C21H24N2O3/c1-25-20-12-16-15-8-4-5-9-18(15)26-19(16)13-17(20)22-14-21(24)23-10-6-2-3-7-11-23/h4-5,8-9,12-13,22H,2-3,6-7,10-11,14H2,1H3. The summed E-state index contributed by atoms with van der Waals surface area (Å²) in [4.78, 5) is 14.5. The van der Waals surface area contributed by atoms with Gasteiger partial charge in [0, 0.05) is 29.9 Å². The summed E-state index contributed by atoms with van der Waals surface area (Å²) in [5.41, 5.74) is 2.42. The van der Waals surface area contributed by atoms with E-state index >= 15 is 0 Å². The molecule has 0 radical (unpaired) electrons. The van der Waals surface area contributed by atoms with Crippen molar-refractivity contribution in [2.45, 2.75) is 25.7 Å². The number of anilines is 1. The second-order valence-electron chi connectivity index (χ2n) is 6.80. The third kappa shape index (κ3) is 3.21. The van der Waals surface area contributed by atoms with E-state index in [4.69, 9.17) is 9.15 Å². The summed E-state index contributed by atoms with van der Waals surface area (Å²) in [5, 5.41) is 5.32. The van der Waals surface area contributed by atoms with Gasteiger partial charge in [-0.25, -0.2) is 0 Å². The number of para-hydroxylation sites is 1. The predicted molar refractivity (Wildman–Crippen MR) is 104 cm³/mol. The molecule has 136 valence electrons. The van der Waals surface area contributed by atoms with Crippen LogP contribution in [0.5, 0.6) is 5.75 Å². The SMILES string of the molecule is COc1cc2c(cc1NCC(=O)N1CCCCCC1)oc1ccccc12. The molecule has 0 unspecified atom stereocenters. The first kappa shape index (κ1) is 16.8. The summed E-state index contributed by atoms with van der Waals surface area (Å²) in [7, 11) is 1.64. The fourth-order valence-corrected chi connectivity index (χ4v) is 3.66. The first-order valence-corrected chi connectivity index (χ1v) is 9.27. The van der Waals surface area contributed by atoms with Crippen LogP contribution in [-0.4, -0.2) is 37.6 Å². The number of amides is 1. The van der Waals surface area contributed by atoms with Gasteiger partial charge in [-0.2, -0.15) is 0 Å². The lowest BCUT2D eigenvalue weighted by Crippen LogP contribution is -2.36. The number of likely N-dealkylation sites (tertiary alicyclic amines) is 1. The molecule has 5 nitrogen and oxygen atoms in total. The molecular weight excluding hydrogens is 328 g/mol. The first-order valence-electron chi connectivity index (χ1n) is 9.27. The molecule has 1 aliphatic rings. The smallest absolute Gasteiger partial charge is 0.241 e. The first-order chi connectivity index (χ1) is 12.8. The van der Waals surface area contributed by atoms with Crippen LogP contribution in [0.2, 0.25) is 0 Å². The molecule has 1 saturated heterocycles. The number of rotatable bonds is 4. The number of ether oxygens (including phenoxy) is 1. The van der Waals surface area contributed by atoms with Gasteiger partial charge in [-0.3, -0.25) is 4.79 Å². The molecule has 0 saturated carbocycles. The molecule has 1 aromatic heterocycles. The van der Waals surface area contributed by atoms with Crippen molar-refractivity contribution in [3.8, 4) is 5.75 Å². The molecule has 0 spiro atoms. The van der Waals surface area contributed by atoms with Crippen LogP contribution < -0.4 is 10.1 Å². The number of carbonyl (C=O) groups excluding carboxylic acids is 1. The number of nitrogens with one attached hydrogen (secondary N) is 1. The number of fused-ring (bicyclic) bond motifs is 3. The number of furan rings is 1. The molecule has 26 heavy (non-hydrogen) atoms. The van der Waals surface area contributed by atoms with Crippen LogP contribution in [0.3, 0.4) is 0 Å². The van der Waals surface area contributed by atoms with Crippen molar-refractivity contribution in [3.05, 3.63) is 36.4 Å². The fraction of sp³-hybridized carbons (Fsp3) is 0.381. The van der Waals surface area contributed by atoms with Crippen LogP contribution in [0, 0.1) is 0 Å². The summed E-state index contributed by atoms with van der Waals surface area (Å²) < 4.78 is 11.5. The average molecular weight is 352 g/mol. The Morgan fingerprint density at radius 1 is 1.08 bits per heavy atom.